The molecule has 3 heteroatoms. The molecule has 0 aliphatic carbocycles. The first kappa shape index (κ1) is 13.8. The van der Waals surface area contributed by atoms with Crippen molar-refractivity contribution in [2.45, 2.75) is 20.8 Å². The zero-order chi connectivity index (χ0) is 12.8. The number of anilines is 1. The third-order valence-corrected chi connectivity index (χ3v) is 3.21. The molecule has 0 aliphatic rings. The number of likely N-dealkylation sites (N-methyl/N-ethyl adjacent to an activating group) is 2. The molecule has 0 spiro atoms. The molecule has 1 rings (SSSR count). The van der Waals surface area contributed by atoms with Gasteiger partial charge in [0.15, 0.2) is 0 Å². The maximum atomic E-state index is 5.33. The number of rotatable bonds is 6. The quantitative estimate of drug-likeness (QED) is 0.767. The van der Waals surface area contributed by atoms with Gasteiger partial charge in [0, 0.05) is 25.8 Å². The highest BCUT2D eigenvalue weighted by Crippen LogP contribution is 2.28. The van der Waals surface area contributed by atoms with Crippen LogP contribution in [0.25, 0.3) is 0 Å². The summed E-state index contributed by atoms with van der Waals surface area (Å²) in [7, 11) is 3.85. The Morgan fingerprint density at radius 3 is 2.53 bits per heavy atom. The van der Waals surface area contributed by atoms with Gasteiger partial charge in [-0.25, -0.2) is 0 Å². The van der Waals surface area contributed by atoms with Crippen molar-refractivity contribution in [1.29, 1.82) is 0 Å². The fourth-order valence-corrected chi connectivity index (χ4v) is 1.96. The lowest BCUT2D eigenvalue weighted by atomic mass is 10.1. The van der Waals surface area contributed by atoms with Gasteiger partial charge in [-0.2, -0.15) is 0 Å². The van der Waals surface area contributed by atoms with Crippen molar-refractivity contribution < 1.29 is 4.74 Å². The summed E-state index contributed by atoms with van der Waals surface area (Å²) in [5, 5.41) is 3.34. The zero-order valence-corrected chi connectivity index (χ0v) is 11.6. The largest absolute Gasteiger partial charge is 0.496 e. The Labute approximate surface area is 105 Å². The summed E-state index contributed by atoms with van der Waals surface area (Å²) in [6.45, 7) is 9.43. The number of benzene rings is 1. The minimum Gasteiger partial charge on any atom is -0.496 e. The second-order valence-electron chi connectivity index (χ2n) is 4.31. The van der Waals surface area contributed by atoms with Crippen molar-refractivity contribution >= 4 is 5.69 Å². The minimum atomic E-state index is 0.964. The predicted molar refractivity (Wildman–Crippen MR) is 74.3 cm³/mol. The standard InChI is InChI=1S/C14H24N2O/c1-6-15-9-10-16(4)13-7-8-14(17-5)12(3)11(13)2/h7-8,15H,6,9-10H2,1-5H3. The van der Waals surface area contributed by atoms with Crippen molar-refractivity contribution in [1.82, 2.24) is 5.32 Å². The summed E-state index contributed by atoms with van der Waals surface area (Å²) in [5.74, 6) is 0.964. The van der Waals surface area contributed by atoms with E-state index in [4.69, 9.17) is 4.74 Å². The van der Waals surface area contributed by atoms with E-state index in [1.54, 1.807) is 7.11 Å². The van der Waals surface area contributed by atoms with Crippen LogP contribution in [0.1, 0.15) is 18.1 Å². The molecule has 0 atom stereocenters. The zero-order valence-electron chi connectivity index (χ0n) is 11.6. The van der Waals surface area contributed by atoms with Gasteiger partial charge in [-0.1, -0.05) is 6.92 Å². The van der Waals surface area contributed by atoms with Crippen molar-refractivity contribution in [3.05, 3.63) is 23.3 Å². The first-order valence-electron chi connectivity index (χ1n) is 6.17. The van der Waals surface area contributed by atoms with Crippen LogP contribution >= 0.6 is 0 Å². The van der Waals surface area contributed by atoms with E-state index in [0.717, 1.165) is 25.4 Å². The highest BCUT2D eigenvalue weighted by Gasteiger charge is 2.09. The van der Waals surface area contributed by atoms with Gasteiger partial charge in [-0.15, -0.1) is 0 Å². The van der Waals surface area contributed by atoms with Crippen LogP contribution in [0.5, 0.6) is 5.75 Å². The number of nitrogens with one attached hydrogen (secondary N) is 1. The second-order valence-corrected chi connectivity index (χ2v) is 4.31. The van der Waals surface area contributed by atoms with Crippen LogP contribution in [0.2, 0.25) is 0 Å². The molecule has 0 radical (unpaired) electrons. The molecule has 1 aromatic rings. The predicted octanol–water partition coefficient (Wildman–Crippen LogP) is 2.36. The van der Waals surface area contributed by atoms with E-state index in [1.165, 1.54) is 16.8 Å². The van der Waals surface area contributed by atoms with Crippen LogP contribution in [0.15, 0.2) is 12.1 Å². The molecular formula is C14H24N2O. The summed E-state index contributed by atoms with van der Waals surface area (Å²) in [6.07, 6.45) is 0. The lowest BCUT2D eigenvalue weighted by Gasteiger charge is -2.23. The molecular weight excluding hydrogens is 212 g/mol. The van der Waals surface area contributed by atoms with Crippen LogP contribution in [-0.4, -0.2) is 33.8 Å². The minimum absolute atomic E-state index is 0.964. The highest BCUT2D eigenvalue weighted by molar-refractivity contribution is 5.59. The summed E-state index contributed by atoms with van der Waals surface area (Å²) in [4.78, 5) is 2.28. The summed E-state index contributed by atoms with van der Waals surface area (Å²) < 4.78 is 5.33. The van der Waals surface area contributed by atoms with Crippen molar-refractivity contribution in [3.63, 3.8) is 0 Å². The van der Waals surface area contributed by atoms with Crippen molar-refractivity contribution in [3.8, 4) is 5.75 Å². The molecule has 0 amide bonds. The highest BCUT2D eigenvalue weighted by atomic mass is 16.5. The number of nitrogens with zero attached hydrogens (tertiary/aromatic N) is 1. The molecule has 96 valence electrons. The van der Waals surface area contributed by atoms with Gasteiger partial charge in [-0.3, -0.25) is 0 Å². The molecule has 0 aliphatic heterocycles. The molecule has 3 nitrogen and oxygen atoms in total. The van der Waals surface area contributed by atoms with E-state index >= 15 is 0 Å². The van der Waals surface area contributed by atoms with Gasteiger partial charge >= 0.3 is 0 Å². The van der Waals surface area contributed by atoms with E-state index < -0.39 is 0 Å². The third kappa shape index (κ3) is 3.37. The fraction of sp³-hybridized carbons (Fsp3) is 0.571. The van der Waals surface area contributed by atoms with Crippen LogP contribution in [0.4, 0.5) is 5.69 Å². The Morgan fingerprint density at radius 2 is 1.94 bits per heavy atom. The topological polar surface area (TPSA) is 24.5 Å². The Kier molecular flexibility index (Phi) is 5.29. The maximum Gasteiger partial charge on any atom is 0.122 e. The maximum absolute atomic E-state index is 5.33. The monoisotopic (exact) mass is 236 g/mol. The van der Waals surface area contributed by atoms with Crippen LogP contribution in [0, 0.1) is 13.8 Å². The molecule has 0 fully saturated rings. The average molecular weight is 236 g/mol. The second kappa shape index (κ2) is 6.50. The normalized spacial score (nSPS) is 10.4. The summed E-state index contributed by atoms with van der Waals surface area (Å²) >= 11 is 0. The van der Waals surface area contributed by atoms with E-state index in [0.29, 0.717) is 0 Å². The molecule has 0 saturated heterocycles. The number of hydrogen-bond acceptors (Lipinski definition) is 3. The average Bonchev–Trinajstić information content (AvgIpc) is 2.32. The lowest BCUT2D eigenvalue weighted by Crippen LogP contribution is -2.29. The Morgan fingerprint density at radius 1 is 1.24 bits per heavy atom. The van der Waals surface area contributed by atoms with Crippen LogP contribution < -0.4 is 15.0 Å². The van der Waals surface area contributed by atoms with E-state index in [2.05, 4.69) is 44.1 Å². The third-order valence-electron chi connectivity index (χ3n) is 3.21. The van der Waals surface area contributed by atoms with Gasteiger partial charge < -0.3 is 15.0 Å². The fourth-order valence-electron chi connectivity index (χ4n) is 1.96. The van der Waals surface area contributed by atoms with Gasteiger partial charge in [0.2, 0.25) is 0 Å². The molecule has 17 heavy (non-hydrogen) atoms. The van der Waals surface area contributed by atoms with E-state index in [9.17, 15) is 0 Å². The molecule has 1 N–H and O–H groups in total. The van der Waals surface area contributed by atoms with Crippen LogP contribution in [0.3, 0.4) is 0 Å². The van der Waals surface area contributed by atoms with Crippen LogP contribution in [-0.2, 0) is 0 Å². The van der Waals surface area contributed by atoms with E-state index in [-0.39, 0.29) is 0 Å². The lowest BCUT2D eigenvalue weighted by molar-refractivity contribution is 0.411. The molecule has 0 saturated carbocycles. The Bertz CT molecular complexity index is 363. The molecule has 1 aromatic carbocycles. The first-order valence-corrected chi connectivity index (χ1v) is 6.17. The van der Waals surface area contributed by atoms with E-state index in [1.807, 2.05) is 6.07 Å². The van der Waals surface area contributed by atoms with Gasteiger partial charge in [0.1, 0.15) is 5.75 Å². The number of methoxy groups -OCH3 is 1. The van der Waals surface area contributed by atoms with Gasteiger partial charge in [0.05, 0.1) is 7.11 Å². The number of ether oxygens (including phenoxy) is 1. The Balaban J connectivity index is 2.80. The molecule has 0 aromatic heterocycles. The Hall–Kier alpha value is -1.22. The smallest absolute Gasteiger partial charge is 0.122 e. The number of hydrogen-bond donors (Lipinski definition) is 1. The first-order chi connectivity index (χ1) is 8.11. The van der Waals surface area contributed by atoms with Gasteiger partial charge in [0.25, 0.3) is 0 Å². The molecule has 0 bridgehead atoms. The summed E-state index contributed by atoms with van der Waals surface area (Å²) in [6, 6.07) is 4.18. The van der Waals surface area contributed by atoms with Gasteiger partial charge in [-0.05, 0) is 43.7 Å². The van der Waals surface area contributed by atoms with Crippen molar-refractivity contribution in [2.75, 3.05) is 38.7 Å². The SMILES string of the molecule is CCNCCN(C)c1ccc(OC)c(C)c1C. The summed E-state index contributed by atoms with van der Waals surface area (Å²) in [5.41, 5.74) is 3.80. The molecule has 0 unspecified atom stereocenters. The molecule has 0 heterocycles. The van der Waals surface area contributed by atoms with Crippen molar-refractivity contribution in [2.24, 2.45) is 0 Å².